The maximum absolute atomic E-state index is 13.6. The molecule has 2 rings (SSSR count). The molecule has 0 aliphatic rings. The molecule has 2 aromatic carbocycles. The first-order valence-electron chi connectivity index (χ1n) is 6.89. The van der Waals surface area contributed by atoms with E-state index < -0.39 is 0 Å². The molecule has 0 saturated carbocycles. The first kappa shape index (κ1) is 15.8. The van der Waals surface area contributed by atoms with Crippen molar-refractivity contribution in [2.75, 3.05) is 13.7 Å². The van der Waals surface area contributed by atoms with E-state index in [1.807, 2.05) is 26.0 Å². The van der Waals surface area contributed by atoms with Crippen LogP contribution >= 0.6 is 11.6 Å². The van der Waals surface area contributed by atoms with Crippen LogP contribution in [0.4, 0.5) is 4.39 Å². The largest absolute Gasteiger partial charge is 0.496 e. The van der Waals surface area contributed by atoms with Crippen molar-refractivity contribution in [1.29, 1.82) is 0 Å². The summed E-state index contributed by atoms with van der Waals surface area (Å²) in [6, 6.07) is 10.1. The van der Waals surface area contributed by atoms with E-state index in [2.05, 4.69) is 5.32 Å². The molecule has 2 nitrogen and oxygen atoms in total. The van der Waals surface area contributed by atoms with Gasteiger partial charge in [-0.2, -0.15) is 0 Å². The van der Waals surface area contributed by atoms with E-state index in [1.54, 1.807) is 25.3 Å². The van der Waals surface area contributed by atoms with Crippen molar-refractivity contribution in [2.24, 2.45) is 0 Å². The zero-order chi connectivity index (χ0) is 15.4. The van der Waals surface area contributed by atoms with Crippen LogP contribution in [0.25, 0.3) is 0 Å². The zero-order valence-corrected chi connectivity index (χ0v) is 13.2. The fourth-order valence-corrected chi connectivity index (χ4v) is 2.63. The standard InChI is InChI=1S/C17H19ClFNO/c1-4-20-17(14-10-13(19)7-5-11(14)2)15-9-12(18)6-8-16(15)21-3/h5-10,17,20H,4H2,1-3H3. The SMILES string of the molecule is CCNC(c1cc(F)ccc1C)c1cc(Cl)ccc1OC. The quantitative estimate of drug-likeness (QED) is 0.878. The number of ether oxygens (including phenoxy) is 1. The lowest BCUT2D eigenvalue weighted by molar-refractivity contribution is 0.404. The first-order valence-corrected chi connectivity index (χ1v) is 7.27. The molecule has 0 bridgehead atoms. The Kier molecular flexibility index (Phi) is 5.21. The molecule has 1 unspecified atom stereocenters. The second-order valence-electron chi connectivity index (χ2n) is 4.88. The molecule has 0 spiro atoms. The van der Waals surface area contributed by atoms with E-state index in [9.17, 15) is 4.39 Å². The smallest absolute Gasteiger partial charge is 0.124 e. The number of rotatable bonds is 5. The van der Waals surface area contributed by atoms with E-state index >= 15 is 0 Å². The number of nitrogens with one attached hydrogen (secondary N) is 1. The Balaban J connectivity index is 2.58. The van der Waals surface area contributed by atoms with Crippen LogP contribution in [-0.4, -0.2) is 13.7 Å². The maximum atomic E-state index is 13.6. The van der Waals surface area contributed by atoms with Gasteiger partial charge in [-0.05, 0) is 54.9 Å². The third-order valence-electron chi connectivity index (χ3n) is 3.46. The number of hydrogen-bond donors (Lipinski definition) is 1. The van der Waals surface area contributed by atoms with Gasteiger partial charge >= 0.3 is 0 Å². The van der Waals surface area contributed by atoms with Crippen molar-refractivity contribution in [1.82, 2.24) is 5.32 Å². The van der Waals surface area contributed by atoms with Crippen molar-refractivity contribution in [3.05, 3.63) is 63.9 Å². The summed E-state index contributed by atoms with van der Waals surface area (Å²) in [6.45, 7) is 4.73. The van der Waals surface area contributed by atoms with Crippen LogP contribution in [0.15, 0.2) is 36.4 Å². The molecule has 112 valence electrons. The van der Waals surface area contributed by atoms with Gasteiger partial charge in [-0.25, -0.2) is 4.39 Å². The predicted octanol–water partition coefficient (Wildman–Crippen LogP) is 4.50. The number of methoxy groups -OCH3 is 1. The summed E-state index contributed by atoms with van der Waals surface area (Å²) in [5, 5.41) is 4.01. The van der Waals surface area contributed by atoms with Crippen LogP contribution in [0, 0.1) is 12.7 Å². The molecule has 0 radical (unpaired) electrons. The van der Waals surface area contributed by atoms with E-state index in [0.717, 1.165) is 29.0 Å². The van der Waals surface area contributed by atoms with Gasteiger partial charge in [-0.3, -0.25) is 0 Å². The zero-order valence-electron chi connectivity index (χ0n) is 12.4. The van der Waals surface area contributed by atoms with Gasteiger partial charge in [-0.15, -0.1) is 0 Å². The number of halogens is 2. The second kappa shape index (κ2) is 6.92. The van der Waals surface area contributed by atoms with E-state index in [1.165, 1.54) is 6.07 Å². The molecule has 1 N–H and O–H groups in total. The normalized spacial score (nSPS) is 12.2. The number of hydrogen-bond acceptors (Lipinski definition) is 2. The van der Waals surface area contributed by atoms with Crippen LogP contribution < -0.4 is 10.1 Å². The van der Waals surface area contributed by atoms with Crippen LogP contribution in [0.1, 0.15) is 29.7 Å². The van der Waals surface area contributed by atoms with Gasteiger partial charge in [0.05, 0.1) is 13.2 Å². The minimum atomic E-state index is -0.250. The van der Waals surface area contributed by atoms with Gasteiger partial charge in [-0.1, -0.05) is 24.6 Å². The summed E-state index contributed by atoms with van der Waals surface area (Å²) < 4.78 is 19.1. The summed E-state index contributed by atoms with van der Waals surface area (Å²) >= 11 is 6.12. The first-order chi connectivity index (χ1) is 10.1. The van der Waals surface area contributed by atoms with Crippen molar-refractivity contribution in [3.63, 3.8) is 0 Å². The highest BCUT2D eigenvalue weighted by atomic mass is 35.5. The third kappa shape index (κ3) is 3.55. The van der Waals surface area contributed by atoms with Crippen molar-refractivity contribution < 1.29 is 9.13 Å². The van der Waals surface area contributed by atoms with E-state index in [0.29, 0.717) is 5.02 Å². The van der Waals surface area contributed by atoms with Crippen LogP contribution in [0.3, 0.4) is 0 Å². The van der Waals surface area contributed by atoms with Gasteiger partial charge in [0.2, 0.25) is 0 Å². The Morgan fingerprint density at radius 2 is 1.95 bits per heavy atom. The maximum Gasteiger partial charge on any atom is 0.124 e. The Morgan fingerprint density at radius 1 is 1.19 bits per heavy atom. The summed E-state index contributed by atoms with van der Waals surface area (Å²) in [5.41, 5.74) is 2.81. The lowest BCUT2D eigenvalue weighted by Gasteiger charge is -2.23. The second-order valence-corrected chi connectivity index (χ2v) is 5.31. The van der Waals surface area contributed by atoms with Crippen molar-refractivity contribution in [3.8, 4) is 5.75 Å². The van der Waals surface area contributed by atoms with Gasteiger partial charge in [0.1, 0.15) is 11.6 Å². The molecule has 0 saturated heterocycles. The summed E-state index contributed by atoms with van der Waals surface area (Å²) in [4.78, 5) is 0. The number of aryl methyl sites for hydroxylation is 1. The predicted molar refractivity (Wildman–Crippen MR) is 84.7 cm³/mol. The van der Waals surface area contributed by atoms with Gasteiger partial charge in [0.15, 0.2) is 0 Å². The lowest BCUT2D eigenvalue weighted by atomic mass is 9.94. The molecule has 0 aliphatic carbocycles. The van der Waals surface area contributed by atoms with Crippen LogP contribution in [0.2, 0.25) is 5.02 Å². The molecular weight excluding hydrogens is 289 g/mol. The molecule has 0 amide bonds. The molecule has 1 atom stereocenters. The summed E-state index contributed by atoms with van der Waals surface area (Å²) in [7, 11) is 1.62. The molecule has 0 fully saturated rings. The van der Waals surface area contributed by atoms with Gasteiger partial charge in [0, 0.05) is 10.6 Å². The van der Waals surface area contributed by atoms with Crippen molar-refractivity contribution >= 4 is 11.6 Å². The average Bonchev–Trinajstić information content (AvgIpc) is 2.47. The van der Waals surface area contributed by atoms with E-state index in [4.69, 9.17) is 16.3 Å². The van der Waals surface area contributed by atoms with Crippen LogP contribution in [0.5, 0.6) is 5.75 Å². The van der Waals surface area contributed by atoms with E-state index in [-0.39, 0.29) is 11.9 Å². The highest BCUT2D eigenvalue weighted by molar-refractivity contribution is 6.30. The Morgan fingerprint density at radius 3 is 2.62 bits per heavy atom. The molecule has 0 heterocycles. The summed E-state index contributed by atoms with van der Waals surface area (Å²) in [6.07, 6.45) is 0. The molecule has 21 heavy (non-hydrogen) atoms. The van der Waals surface area contributed by atoms with Crippen LogP contribution in [-0.2, 0) is 0 Å². The molecule has 0 aromatic heterocycles. The lowest BCUT2D eigenvalue weighted by Crippen LogP contribution is -2.23. The fraction of sp³-hybridized carbons (Fsp3) is 0.294. The third-order valence-corrected chi connectivity index (χ3v) is 3.70. The Hall–Kier alpha value is -1.58. The Labute approximate surface area is 129 Å². The minimum absolute atomic E-state index is 0.167. The van der Waals surface area contributed by atoms with Gasteiger partial charge in [0.25, 0.3) is 0 Å². The highest BCUT2D eigenvalue weighted by Gasteiger charge is 2.20. The molecular formula is C17H19ClFNO. The van der Waals surface area contributed by atoms with Gasteiger partial charge < -0.3 is 10.1 Å². The molecule has 4 heteroatoms. The monoisotopic (exact) mass is 307 g/mol. The minimum Gasteiger partial charge on any atom is -0.496 e. The molecule has 0 aliphatic heterocycles. The molecule has 2 aromatic rings. The highest BCUT2D eigenvalue weighted by Crippen LogP contribution is 2.33. The average molecular weight is 308 g/mol. The van der Waals surface area contributed by atoms with Crippen molar-refractivity contribution in [2.45, 2.75) is 19.9 Å². The fourth-order valence-electron chi connectivity index (χ4n) is 2.44. The topological polar surface area (TPSA) is 21.3 Å². The number of benzene rings is 2. The summed E-state index contributed by atoms with van der Waals surface area (Å²) in [5.74, 6) is 0.480. The Bertz CT molecular complexity index is 630.